The molecule has 0 spiro atoms. The number of ketones is 1. The van der Waals surface area contributed by atoms with Crippen molar-refractivity contribution < 1.29 is 43.6 Å². The maximum atomic E-state index is 14.5. The van der Waals surface area contributed by atoms with E-state index in [0.717, 1.165) is 0 Å². The first kappa shape index (κ1) is 40.9. The molecular weight excluding hydrogens is 803 g/mol. The minimum Gasteiger partial charge on any atom is -0.456 e. The van der Waals surface area contributed by atoms with Gasteiger partial charge in [-0.1, -0.05) is 32.0 Å². The Morgan fingerprint density at radius 3 is 1.95 bits per heavy atom. The Morgan fingerprint density at radius 1 is 0.759 bits per heavy atom. The molecule has 2 heterocycles. The molecule has 0 saturated carbocycles. The average molecular weight is 845 g/mol. The number of Topliss-reactive ketones (excluding diaryl/α,β-unsaturated/α-hetero) is 1. The largest absolute Gasteiger partial charge is 0.456 e. The molecule has 302 valence electrons. The van der Waals surface area contributed by atoms with Crippen molar-refractivity contribution in [1.29, 1.82) is 0 Å². The zero-order valence-electron chi connectivity index (χ0n) is 32.1. The van der Waals surface area contributed by atoms with Crippen LogP contribution in [0.2, 0.25) is 0 Å². The summed E-state index contributed by atoms with van der Waals surface area (Å²) in [6.45, 7) is 4.15. The quantitative estimate of drug-likeness (QED) is 0.0838. The van der Waals surface area contributed by atoms with Gasteiger partial charge in [0.25, 0.3) is 20.2 Å². The molecule has 7 rings (SSSR count). The summed E-state index contributed by atoms with van der Waals surface area (Å²) < 4.78 is 105. The van der Waals surface area contributed by atoms with Gasteiger partial charge in [0, 0.05) is 89.7 Å². The van der Waals surface area contributed by atoms with Gasteiger partial charge in [-0.2, -0.15) is 25.7 Å². The highest BCUT2D eigenvalue weighted by Crippen LogP contribution is 2.44. The molecule has 0 aromatic heterocycles. The third kappa shape index (κ3) is 7.95. The van der Waals surface area contributed by atoms with Gasteiger partial charge in [-0.25, -0.2) is 8.42 Å². The molecule has 0 atom stereocenters. The molecule has 0 amide bonds. The molecular formula is C42H42N3O10S3+. The summed E-state index contributed by atoms with van der Waals surface area (Å²) in [5.74, 6) is 0.240. The van der Waals surface area contributed by atoms with Crippen LogP contribution in [0.25, 0.3) is 33.4 Å². The van der Waals surface area contributed by atoms with Crippen LogP contribution in [-0.4, -0.2) is 71.6 Å². The van der Waals surface area contributed by atoms with E-state index in [0.29, 0.717) is 68.7 Å². The lowest BCUT2D eigenvalue weighted by molar-refractivity contribution is -0.126. The summed E-state index contributed by atoms with van der Waals surface area (Å²) in [6, 6.07) is 29.2. The Hall–Kier alpha value is -5.23. The Morgan fingerprint density at radius 2 is 1.34 bits per heavy atom. The average Bonchev–Trinajstić information content (AvgIpc) is 3.21. The van der Waals surface area contributed by atoms with E-state index >= 15 is 0 Å². The third-order valence-corrected chi connectivity index (χ3v) is 14.4. The third-order valence-electron chi connectivity index (χ3n) is 10.7. The molecule has 1 aliphatic carbocycles. The van der Waals surface area contributed by atoms with Crippen molar-refractivity contribution in [2.45, 2.75) is 41.4 Å². The fourth-order valence-electron chi connectivity index (χ4n) is 7.45. The second-order valence-electron chi connectivity index (χ2n) is 14.6. The molecule has 2 aliphatic heterocycles. The predicted molar refractivity (Wildman–Crippen MR) is 221 cm³/mol. The number of carbonyl (C=O) groups is 1. The zero-order chi connectivity index (χ0) is 41.7. The minimum absolute atomic E-state index is 0.109. The predicted octanol–water partition coefficient (Wildman–Crippen LogP) is 6.83. The van der Waals surface area contributed by atoms with E-state index in [2.05, 4.69) is 0 Å². The normalized spacial score (nSPS) is 15.2. The van der Waals surface area contributed by atoms with Crippen LogP contribution < -0.4 is 14.8 Å². The summed E-state index contributed by atoms with van der Waals surface area (Å²) in [6.07, 6.45) is 0.885. The molecule has 0 unspecified atom stereocenters. The number of rotatable bonds is 10. The highest BCUT2D eigenvalue weighted by Gasteiger charge is 2.35. The second kappa shape index (κ2) is 15.5. The number of nitrogens with zero attached hydrogens (tertiary/aromatic N) is 3. The van der Waals surface area contributed by atoms with Crippen LogP contribution in [0.5, 0.6) is 0 Å². The van der Waals surface area contributed by atoms with Crippen molar-refractivity contribution in [3.8, 4) is 22.5 Å². The van der Waals surface area contributed by atoms with E-state index in [9.17, 15) is 39.2 Å². The van der Waals surface area contributed by atoms with Crippen LogP contribution in [0.15, 0.2) is 128 Å². The topological polar surface area (TPSA) is 183 Å². The lowest BCUT2D eigenvalue weighted by Gasteiger charge is -2.32. The van der Waals surface area contributed by atoms with Crippen molar-refractivity contribution >= 4 is 64.1 Å². The maximum Gasteiger partial charge on any atom is 0.294 e. The maximum absolute atomic E-state index is 14.5. The first-order valence-corrected chi connectivity index (χ1v) is 22.8. The van der Waals surface area contributed by atoms with Gasteiger partial charge in [-0.15, -0.1) is 0 Å². The second-order valence-corrected chi connectivity index (χ2v) is 19.4. The number of piperidine rings is 1. The molecule has 58 heavy (non-hydrogen) atoms. The number of benzene rings is 5. The molecule has 4 aromatic carbocycles. The highest BCUT2D eigenvalue weighted by molar-refractivity contribution is 7.89. The van der Waals surface area contributed by atoms with Crippen LogP contribution >= 0.6 is 0 Å². The number of hydrogen-bond acceptors (Lipinski definition) is 9. The summed E-state index contributed by atoms with van der Waals surface area (Å²) >= 11 is 0. The lowest BCUT2D eigenvalue weighted by atomic mass is 9.88. The molecule has 13 nitrogen and oxygen atoms in total. The van der Waals surface area contributed by atoms with Crippen molar-refractivity contribution in [3.63, 3.8) is 0 Å². The van der Waals surface area contributed by atoms with E-state index in [1.54, 1.807) is 84.2 Å². The Labute approximate surface area is 337 Å². The van der Waals surface area contributed by atoms with Crippen molar-refractivity contribution in [2.24, 2.45) is 11.8 Å². The van der Waals surface area contributed by atoms with Gasteiger partial charge in [-0.3, -0.25) is 13.9 Å². The summed E-state index contributed by atoms with van der Waals surface area (Å²) in [5.41, 5.74) is 4.00. The summed E-state index contributed by atoms with van der Waals surface area (Å²) in [4.78, 5) is 14.2. The minimum atomic E-state index is -4.39. The number of sulfonamides is 1. The SMILES string of the molecule is CC(C)C(=O)C1CCN(S(=O)(=O)c2ccccc2-c2c3ccc(=[N+](C)c4ccc(S(=O)(=O)O)cc4)cc-3oc3cc(N(C)c4ccc(S(=O)(=O)O)cc4)ccc23)CC1. The molecule has 1 saturated heterocycles. The first-order chi connectivity index (χ1) is 27.3. The smallest absolute Gasteiger partial charge is 0.294 e. The lowest BCUT2D eigenvalue weighted by Crippen LogP contribution is -2.41. The van der Waals surface area contributed by atoms with Crippen molar-refractivity contribution in [1.82, 2.24) is 8.88 Å². The number of fused-ring (bicyclic) bond motifs is 2. The van der Waals surface area contributed by atoms with E-state index in [1.807, 2.05) is 38.1 Å². The highest BCUT2D eigenvalue weighted by atomic mass is 32.2. The molecule has 0 bridgehead atoms. The monoisotopic (exact) mass is 844 g/mol. The van der Waals surface area contributed by atoms with Crippen LogP contribution in [0, 0.1) is 11.8 Å². The Kier molecular flexibility index (Phi) is 10.9. The van der Waals surface area contributed by atoms with Gasteiger partial charge in [0.2, 0.25) is 21.1 Å². The van der Waals surface area contributed by atoms with Crippen molar-refractivity contribution in [3.05, 3.63) is 115 Å². The molecule has 1 fully saturated rings. The van der Waals surface area contributed by atoms with Crippen LogP contribution in [0.4, 0.5) is 17.1 Å². The van der Waals surface area contributed by atoms with Gasteiger partial charge >= 0.3 is 0 Å². The Balaban J connectivity index is 1.40. The van der Waals surface area contributed by atoms with Crippen LogP contribution in [0.3, 0.4) is 0 Å². The number of hydrogen-bond donors (Lipinski definition) is 2. The van der Waals surface area contributed by atoms with Gasteiger partial charge in [-0.05, 0) is 73.5 Å². The van der Waals surface area contributed by atoms with Crippen molar-refractivity contribution in [2.75, 3.05) is 32.1 Å². The molecule has 3 aliphatic rings. The summed E-state index contributed by atoms with van der Waals surface area (Å²) in [7, 11) is -9.24. The van der Waals surface area contributed by atoms with Gasteiger partial charge in [0.1, 0.15) is 24.2 Å². The van der Waals surface area contributed by atoms with E-state index in [4.69, 9.17) is 4.42 Å². The van der Waals surface area contributed by atoms with Crippen LogP contribution in [0.1, 0.15) is 26.7 Å². The molecule has 0 radical (unpaired) electrons. The first-order valence-electron chi connectivity index (χ1n) is 18.4. The fourth-order valence-corrected chi connectivity index (χ4v) is 10.1. The zero-order valence-corrected chi connectivity index (χ0v) is 34.6. The fraction of sp³-hybridized carbons (Fsp3) is 0.238. The summed E-state index contributed by atoms with van der Waals surface area (Å²) in [5, 5.41) is 1.28. The molecule has 16 heteroatoms. The van der Waals surface area contributed by atoms with Gasteiger partial charge < -0.3 is 9.32 Å². The number of anilines is 2. The van der Waals surface area contributed by atoms with Crippen LogP contribution in [-0.2, 0) is 35.1 Å². The number of carbonyl (C=O) groups excluding carboxylic acids is 1. The van der Waals surface area contributed by atoms with Gasteiger partial charge in [0.15, 0.2) is 0 Å². The van der Waals surface area contributed by atoms with E-state index < -0.39 is 30.3 Å². The van der Waals surface area contributed by atoms with Gasteiger partial charge in [0.05, 0.1) is 20.8 Å². The Bertz CT molecular complexity index is 2940. The standard InChI is InChI=1S/C42H41N3O10S3/c1-27(2)42(46)28-21-23-45(24-22-28)56(47,48)40-8-6-5-7-37(40)41-35-19-13-31(43(3)29-9-15-33(16-10-29)57(49,50)51)25-38(35)55-39-26-32(14-20-36(39)41)44(4)30-11-17-34(18-12-30)58(52,53)54/h5-20,25-28H,21-24H2,1-4H3,(H-,49,50,51,52,53,54)/p+1. The molecule has 4 aromatic rings. The van der Waals surface area contributed by atoms with E-state index in [-0.39, 0.29) is 45.4 Å². The molecule has 2 N–H and O–H groups in total. The van der Waals surface area contributed by atoms with E-state index in [1.165, 1.54) is 28.6 Å².